The number of ether oxygens (including phenoxy) is 2. The summed E-state index contributed by atoms with van der Waals surface area (Å²) in [4.78, 5) is 12.7. The Hall–Kier alpha value is -2.53. The smallest absolute Gasteiger partial charge is 0.231 e. The van der Waals surface area contributed by atoms with Crippen LogP contribution in [0.4, 0.5) is 0 Å². The number of nitrogens with zero attached hydrogens (tertiary/aromatic N) is 1. The molecule has 4 nitrogen and oxygen atoms in total. The van der Waals surface area contributed by atoms with Crippen LogP contribution < -0.4 is 9.47 Å². The number of benzene rings is 2. The van der Waals surface area contributed by atoms with E-state index in [1.807, 2.05) is 36.4 Å². The van der Waals surface area contributed by atoms with Crippen molar-refractivity contribution in [3.8, 4) is 28.4 Å². The van der Waals surface area contributed by atoms with Crippen molar-refractivity contribution in [3.05, 3.63) is 64.3 Å². The zero-order valence-corrected chi connectivity index (χ0v) is 16.5. The van der Waals surface area contributed by atoms with Gasteiger partial charge in [0.15, 0.2) is 17.3 Å². The summed E-state index contributed by atoms with van der Waals surface area (Å²) in [7, 11) is 0. The molecule has 1 aliphatic heterocycles. The molecule has 27 heavy (non-hydrogen) atoms. The van der Waals surface area contributed by atoms with Gasteiger partial charge in [-0.25, -0.2) is 0 Å². The van der Waals surface area contributed by atoms with E-state index in [9.17, 15) is 4.79 Å². The molecule has 0 unspecified atom stereocenters. The molecular weight excluding hydrogens is 406 g/mol. The first kappa shape index (κ1) is 16.6. The van der Waals surface area contributed by atoms with Crippen LogP contribution in [-0.4, -0.2) is 17.1 Å². The number of carbonyl (C=O) groups is 1. The molecule has 1 atom stereocenters. The standard InChI is InChI=1S/C22H18BrNO3/c1-13-8-19-17(20(25)9-13)11-18(14-2-4-15(23)5-3-14)24(19)16-6-7-21-22(10-16)27-12-26-21/h2-7,10-11,13H,8-9,12H2,1H3/t13-/m0/s1. The average molecular weight is 424 g/mol. The second-order valence-corrected chi connectivity index (χ2v) is 8.12. The number of hydrogen-bond acceptors (Lipinski definition) is 3. The fourth-order valence-electron chi connectivity index (χ4n) is 3.97. The molecule has 0 amide bonds. The quantitative estimate of drug-likeness (QED) is 0.553. The van der Waals surface area contributed by atoms with Gasteiger partial charge in [0.25, 0.3) is 0 Å². The van der Waals surface area contributed by atoms with E-state index in [-0.39, 0.29) is 12.6 Å². The number of hydrogen-bond donors (Lipinski definition) is 0. The van der Waals surface area contributed by atoms with Crippen LogP contribution >= 0.6 is 15.9 Å². The van der Waals surface area contributed by atoms with Gasteiger partial charge in [-0.3, -0.25) is 4.79 Å². The summed E-state index contributed by atoms with van der Waals surface area (Å²) >= 11 is 3.50. The average Bonchev–Trinajstić information content (AvgIpc) is 3.26. The highest BCUT2D eigenvalue weighted by Gasteiger charge is 2.29. The van der Waals surface area contributed by atoms with Crippen molar-refractivity contribution in [2.24, 2.45) is 5.92 Å². The third kappa shape index (κ3) is 2.77. The van der Waals surface area contributed by atoms with Crippen LogP contribution in [0.1, 0.15) is 29.4 Å². The van der Waals surface area contributed by atoms with Gasteiger partial charge in [0.1, 0.15) is 0 Å². The van der Waals surface area contributed by atoms with Crippen molar-refractivity contribution in [2.75, 3.05) is 6.79 Å². The number of ketones is 1. The Labute approximate surface area is 165 Å². The van der Waals surface area contributed by atoms with Gasteiger partial charge in [0.05, 0.1) is 5.69 Å². The van der Waals surface area contributed by atoms with Gasteiger partial charge >= 0.3 is 0 Å². The third-order valence-electron chi connectivity index (χ3n) is 5.23. The summed E-state index contributed by atoms with van der Waals surface area (Å²) in [5, 5.41) is 0. The maximum absolute atomic E-state index is 12.7. The second-order valence-electron chi connectivity index (χ2n) is 7.21. The van der Waals surface area contributed by atoms with Crippen molar-refractivity contribution in [1.29, 1.82) is 0 Å². The van der Waals surface area contributed by atoms with Crippen LogP contribution in [0.3, 0.4) is 0 Å². The van der Waals surface area contributed by atoms with E-state index >= 15 is 0 Å². The van der Waals surface area contributed by atoms with Crippen LogP contribution in [0.5, 0.6) is 11.5 Å². The Morgan fingerprint density at radius 3 is 2.59 bits per heavy atom. The van der Waals surface area contributed by atoms with E-state index in [4.69, 9.17) is 9.47 Å². The Balaban J connectivity index is 1.75. The minimum Gasteiger partial charge on any atom is -0.454 e. The van der Waals surface area contributed by atoms with Gasteiger partial charge in [-0.2, -0.15) is 0 Å². The molecule has 1 aromatic heterocycles. The predicted octanol–water partition coefficient (Wildman–Crippen LogP) is 5.40. The van der Waals surface area contributed by atoms with Gasteiger partial charge < -0.3 is 14.0 Å². The maximum atomic E-state index is 12.7. The van der Waals surface area contributed by atoms with E-state index in [2.05, 4.69) is 39.6 Å². The monoisotopic (exact) mass is 423 g/mol. The van der Waals surface area contributed by atoms with Crippen molar-refractivity contribution < 1.29 is 14.3 Å². The SMILES string of the molecule is C[C@@H]1CC(=O)c2cc(-c3ccc(Br)cc3)n(-c3ccc4c(c3)OCO4)c2C1. The van der Waals surface area contributed by atoms with Gasteiger partial charge in [0.2, 0.25) is 6.79 Å². The van der Waals surface area contributed by atoms with Crippen LogP contribution in [0.25, 0.3) is 16.9 Å². The summed E-state index contributed by atoms with van der Waals surface area (Å²) in [5.74, 6) is 2.06. The maximum Gasteiger partial charge on any atom is 0.231 e. The molecule has 136 valence electrons. The largest absolute Gasteiger partial charge is 0.454 e. The number of rotatable bonds is 2. The topological polar surface area (TPSA) is 40.5 Å². The Kier molecular flexibility index (Phi) is 3.86. The third-order valence-corrected chi connectivity index (χ3v) is 5.76. The lowest BCUT2D eigenvalue weighted by molar-refractivity contribution is 0.0952. The molecule has 5 rings (SSSR count). The zero-order chi connectivity index (χ0) is 18.5. The fraction of sp³-hybridized carbons (Fsp3) is 0.227. The van der Waals surface area contributed by atoms with Gasteiger partial charge in [-0.05, 0) is 48.2 Å². The molecule has 0 radical (unpaired) electrons. The minimum absolute atomic E-state index is 0.224. The molecule has 2 aromatic carbocycles. The summed E-state index contributed by atoms with van der Waals surface area (Å²) < 4.78 is 14.3. The summed E-state index contributed by atoms with van der Waals surface area (Å²) in [6, 6.07) is 16.2. The van der Waals surface area contributed by atoms with E-state index in [0.29, 0.717) is 12.3 Å². The molecule has 0 fully saturated rings. The Morgan fingerprint density at radius 2 is 1.78 bits per heavy atom. The number of carbonyl (C=O) groups excluding carboxylic acids is 1. The lowest BCUT2D eigenvalue weighted by Crippen LogP contribution is -2.19. The summed E-state index contributed by atoms with van der Waals surface area (Å²) in [5.41, 5.74) is 5.00. The van der Waals surface area contributed by atoms with Crippen molar-refractivity contribution in [1.82, 2.24) is 4.57 Å². The van der Waals surface area contributed by atoms with E-state index in [0.717, 1.165) is 50.6 Å². The Morgan fingerprint density at radius 1 is 1.00 bits per heavy atom. The number of fused-ring (bicyclic) bond motifs is 2. The first-order valence-corrected chi connectivity index (χ1v) is 9.83. The molecule has 0 saturated carbocycles. The van der Waals surface area contributed by atoms with Crippen LogP contribution in [0, 0.1) is 5.92 Å². The molecule has 0 N–H and O–H groups in total. The van der Waals surface area contributed by atoms with Crippen molar-refractivity contribution in [3.63, 3.8) is 0 Å². The summed E-state index contributed by atoms with van der Waals surface area (Å²) in [6.45, 7) is 2.38. The first-order chi connectivity index (χ1) is 13.1. The molecule has 5 heteroatoms. The van der Waals surface area contributed by atoms with Crippen LogP contribution in [0.2, 0.25) is 0 Å². The highest BCUT2D eigenvalue weighted by Crippen LogP contribution is 2.39. The fourth-order valence-corrected chi connectivity index (χ4v) is 4.24. The first-order valence-electron chi connectivity index (χ1n) is 9.04. The molecule has 0 bridgehead atoms. The molecule has 3 aromatic rings. The minimum atomic E-state index is 0.224. The van der Waals surface area contributed by atoms with E-state index in [1.54, 1.807) is 0 Å². The Bertz CT molecular complexity index is 1050. The highest BCUT2D eigenvalue weighted by atomic mass is 79.9. The molecular formula is C22H18BrNO3. The normalized spacial score (nSPS) is 17.9. The number of halogens is 1. The van der Waals surface area contributed by atoms with Crippen LogP contribution in [0.15, 0.2) is 53.0 Å². The molecule has 2 aliphatic rings. The highest BCUT2D eigenvalue weighted by molar-refractivity contribution is 9.10. The van der Waals surface area contributed by atoms with Crippen molar-refractivity contribution in [2.45, 2.75) is 19.8 Å². The lowest BCUT2D eigenvalue weighted by atomic mass is 9.88. The number of aromatic nitrogens is 1. The second kappa shape index (κ2) is 6.27. The molecule has 2 heterocycles. The van der Waals surface area contributed by atoms with Crippen molar-refractivity contribution >= 4 is 21.7 Å². The van der Waals surface area contributed by atoms with Gasteiger partial charge in [0, 0.05) is 33.9 Å². The summed E-state index contributed by atoms with van der Waals surface area (Å²) in [6.07, 6.45) is 1.49. The van der Waals surface area contributed by atoms with Gasteiger partial charge in [-0.1, -0.05) is 35.0 Å². The molecule has 0 spiro atoms. The number of Topliss-reactive ketones (excluding diaryl/α,β-unsaturated/α-hetero) is 1. The lowest BCUT2D eigenvalue weighted by Gasteiger charge is -2.21. The van der Waals surface area contributed by atoms with E-state index < -0.39 is 0 Å². The zero-order valence-electron chi connectivity index (χ0n) is 14.9. The van der Waals surface area contributed by atoms with E-state index in [1.165, 1.54) is 0 Å². The molecule has 0 saturated heterocycles. The van der Waals surface area contributed by atoms with Crippen LogP contribution in [-0.2, 0) is 6.42 Å². The predicted molar refractivity (Wildman–Crippen MR) is 107 cm³/mol. The van der Waals surface area contributed by atoms with Gasteiger partial charge in [-0.15, -0.1) is 0 Å². The molecule has 1 aliphatic carbocycles.